The van der Waals surface area contributed by atoms with Gasteiger partial charge >= 0.3 is 0 Å². The Bertz CT molecular complexity index is 306. The van der Waals surface area contributed by atoms with Crippen LogP contribution < -0.4 is 0 Å². The Morgan fingerprint density at radius 3 is 2.41 bits per heavy atom. The fourth-order valence-corrected chi connectivity index (χ4v) is 1.83. The van der Waals surface area contributed by atoms with Crippen LogP contribution in [0.1, 0.15) is 31.4 Å². The molecule has 2 nitrogen and oxygen atoms in total. The van der Waals surface area contributed by atoms with Crippen LogP contribution in [-0.4, -0.2) is 31.2 Å². The summed E-state index contributed by atoms with van der Waals surface area (Å²) in [5, 5.41) is 0. The molecule has 0 unspecified atom stereocenters. The average Bonchev–Trinajstić information content (AvgIpc) is 2.31. The minimum absolute atomic E-state index is 0.881. The van der Waals surface area contributed by atoms with Gasteiger partial charge in [0.1, 0.15) is 0 Å². The first-order valence-electron chi connectivity index (χ1n) is 6.62. The first kappa shape index (κ1) is 14.2. The van der Waals surface area contributed by atoms with Crippen LogP contribution >= 0.6 is 0 Å². The molecule has 1 saturated heterocycles. The second-order valence-electron chi connectivity index (χ2n) is 4.58. The molecule has 1 aromatic carbocycles. The van der Waals surface area contributed by atoms with Crippen LogP contribution in [0.2, 0.25) is 0 Å². The van der Waals surface area contributed by atoms with Gasteiger partial charge in [-0.15, -0.1) is 0 Å². The normalized spacial score (nSPS) is 16.2. The van der Waals surface area contributed by atoms with Gasteiger partial charge in [-0.3, -0.25) is 4.90 Å². The standard InChI is InChI=1S/C12H17NO.C3H8/c1-11-3-2-4-12(9-11)10-13-5-7-14-8-6-13;1-3-2/h2-4,9H,5-8,10H2,1H3;3H2,1-2H3. The molecule has 1 heterocycles. The lowest BCUT2D eigenvalue weighted by atomic mass is 10.1. The SMILES string of the molecule is CCC.Cc1cccc(CN2CCOCC2)c1. The summed E-state index contributed by atoms with van der Waals surface area (Å²) in [5.41, 5.74) is 2.75. The van der Waals surface area contributed by atoms with Gasteiger partial charge in [0.2, 0.25) is 0 Å². The van der Waals surface area contributed by atoms with Gasteiger partial charge in [0.05, 0.1) is 13.2 Å². The van der Waals surface area contributed by atoms with Crippen molar-refractivity contribution in [3.05, 3.63) is 35.4 Å². The molecule has 1 aliphatic heterocycles. The summed E-state index contributed by atoms with van der Waals surface area (Å²) in [6, 6.07) is 8.73. The highest BCUT2D eigenvalue weighted by Gasteiger charge is 2.10. The molecule has 1 aromatic rings. The Morgan fingerprint density at radius 1 is 1.18 bits per heavy atom. The van der Waals surface area contributed by atoms with E-state index < -0.39 is 0 Å². The molecule has 0 aromatic heterocycles. The molecule has 17 heavy (non-hydrogen) atoms. The maximum absolute atomic E-state index is 5.32. The topological polar surface area (TPSA) is 12.5 Å². The van der Waals surface area contributed by atoms with E-state index in [0.29, 0.717) is 0 Å². The van der Waals surface area contributed by atoms with Crippen molar-refractivity contribution in [3.8, 4) is 0 Å². The maximum atomic E-state index is 5.32. The molecule has 96 valence electrons. The second-order valence-corrected chi connectivity index (χ2v) is 4.58. The second kappa shape index (κ2) is 8.26. The highest BCUT2D eigenvalue weighted by molar-refractivity contribution is 5.22. The minimum atomic E-state index is 0.881. The van der Waals surface area contributed by atoms with Crippen molar-refractivity contribution in [3.63, 3.8) is 0 Å². The van der Waals surface area contributed by atoms with E-state index in [2.05, 4.69) is 49.9 Å². The Labute approximate surface area is 106 Å². The molecule has 0 saturated carbocycles. The minimum Gasteiger partial charge on any atom is -0.379 e. The smallest absolute Gasteiger partial charge is 0.0594 e. The van der Waals surface area contributed by atoms with Gasteiger partial charge in [-0.05, 0) is 12.5 Å². The number of nitrogens with zero attached hydrogens (tertiary/aromatic N) is 1. The average molecular weight is 235 g/mol. The van der Waals surface area contributed by atoms with E-state index >= 15 is 0 Å². The number of morpholine rings is 1. The molecule has 2 rings (SSSR count). The molecule has 0 N–H and O–H groups in total. The quantitative estimate of drug-likeness (QED) is 0.780. The van der Waals surface area contributed by atoms with E-state index in [9.17, 15) is 0 Å². The van der Waals surface area contributed by atoms with E-state index in [4.69, 9.17) is 4.74 Å². The summed E-state index contributed by atoms with van der Waals surface area (Å²) in [4.78, 5) is 2.44. The van der Waals surface area contributed by atoms with Crippen LogP contribution in [0.4, 0.5) is 0 Å². The molecule has 0 spiro atoms. The summed E-state index contributed by atoms with van der Waals surface area (Å²) in [6.45, 7) is 11.3. The third kappa shape index (κ3) is 5.85. The van der Waals surface area contributed by atoms with Crippen molar-refractivity contribution in [1.82, 2.24) is 4.90 Å². The van der Waals surface area contributed by atoms with Crippen LogP contribution in [0, 0.1) is 6.92 Å². The zero-order valence-electron chi connectivity index (χ0n) is 11.4. The lowest BCUT2D eigenvalue weighted by Gasteiger charge is -2.26. The fourth-order valence-electron chi connectivity index (χ4n) is 1.83. The molecule has 1 aliphatic rings. The van der Waals surface area contributed by atoms with Gasteiger partial charge in [-0.25, -0.2) is 0 Å². The Kier molecular flexibility index (Phi) is 6.90. The zero-order valence-corrected chi connectivity index (χ0v) is 11.4. The number of ether oxygens (including phenoxy) is 1. The van der Waals surface area contributed by atoms with Crippen LogP contribution in [0.15, 0.2) is 24.3 Å². The van der Waals surface area contributed by atoms with Crippen molar-refractivity contribution >= 4 is 0 Å². The predicted octanol–water partition coefficient (Wildman–Crippen LogP) is 3.24. The third-order valence-corrected chi connectivity index (χ3v) is 2.59. The van der Waals surface area contributed by atoms with Crippen molar-refractivity contribution < 1.29 is 4.74 Å². The largest absolute Gasteiger partial charge is 0.379 e. The highest BCUT2D eigenvalue weighted by atomic mass is 16.5. The van der Waals surface area contributed by atoms with E-state index in [1.54, 1.807) is 0 Å². The van der Waals surface area contributed by atoms with Gasteiger partial charge in [-0.1, -0.05) is 50.1 Å². The number of aryl methyl sites for hydroxylation is 1. The van der Waals surface area contributed by atoms with Gasteiger partial charge in [-0.2, -0.15) is 0 Å². The van der Waals surface area contributed by atoms with Crippen molar-refractivity contribution in [2.45, 2.75) is 33.7 Å². The fraction of sp³-hybridized carbons (Fsp3) is 0.600. The Morgan fingerprint density at radius 2 is 1.82 bits per heavy atom. The summed E-state index contributed by atoms with van der Waals surface area (Å²) >= 11 is 0. The molecule has 1 fully saturated rings. The van der Waals surface area contributed by atoms with Gasteiger partial charge in [0, 0.05) is 19.6 Å². The van der Waals surface area contributed by atoms with Crippen molar-refractivity contribution in [1.29, 1.82) is 0 Å². The lowest BCUT2D eigenvalue weighted by molar-refractivity contribution is 0.0342. The van der Waals surface area contributed by atoms with Crippen LogP contribution in [0.25, 0.3) is 0 Å². The molecule has 0 amide bonds. The molecule has 0 atom stereocenters. The number of hydrogen-bond donors (Lipinski definition) is 0. The summed E-state index contributed by atoms with van der Waals surface area (Å²) in [7, 11) is 0. The van der Waals surface area contributed by atoms with Crippen molar-refractivity contribution in [2.75, 3.05) is 26.3 Å². The first-order valence-corrected chi connectivity index (χ1v) is 6.62. The summed E-state index contributed by atoms with van der Waals surface area (Å²) < 4.78 is 5.32. The van der Waals surface area contributed by atoms with Crippen LogP contribution in [-0.2, 0) is 11.3 Å². The van der Waals surface area contributed by atoms with Crippen LogP contribution in [0.3, 0.4) is 0 Å². The summed E-state index contributed by atoms with van der Waals surface area (Å²) in [5.74, 6) is 0. The zero-order chi connectivity index (χ0) is 12.5. The molecular formula is C15H25NO. The lowest BCUT2D eigenvalue weighted by Crippen LogP contribution is -2.35. The number of hydrogen-bond acceptors (Lipinski definition) is 2. The summed E-state index contributed by atoms with van der Waals surface area (Å²) in [6.07, 6.45) is 1.25. The number of rotatable bonds is 2. The monoisotopic (exact) mass is 235 g/mol. The number of benzene rings is 1. The van der Waals surface area contributed by atoms with Crippen LogP contribution in [0.5, 0.6) is 0 Å². The Hall–Kier alpha value is -0.860. The molecular weight excluding hydrogens is 210 g/mol. The third-order valence-electron chi connectivity index (χ3n) is 2.59. The van der Waals surface area contributed by atoms with E-state index in [1.165, 1.54) is 17.5 Å². The van der Waals surface area contributed by atoms with E-state index in [1.807, 2.05) is 0 Å². The van der Waals surface area contributed by atoms with Gasteiger partial charge in [0.25, 0.3) is 0 Å². The predicted molar refractivity (Wildman–Crippen MR) is 73.2 cm³/mol. The molecule has 0 radical (unpaired) electrons. The molecule has 0 bridgehead atoms. The Balaban J connectivity index is 0.000000437. The van der Waals surface area contributed by atoms with Gasteiger partial charge in [0.15, 0.2) is 0 Å². The first-order chi connectivity index (χ1) is 8.26. The highest BCUT2D eigenvalue weighted by Crippen LogP contribution is 2.08. The van der Waals surface area contributed by atoms with E-state index in [-0.39, 0.29) is 0 Å². The van der Waals surface area contributed by atoms with E-state index in [0.717, 1.165) is 32.8 Å². The van der Waals surface area contributed by atoms with Crippen molar-refractivity contribution in [2.24, 2.45) is 0 Å². The molecule has 2 heteroatoms. The molecule has 0 aliphatic carbocycles. The van der Waals surface area contributed by atoms with Gasteiger partial charge < -0.3 is 4.74 Å². The maximum Gasteiger partial charge on any atom is 0.0594 e.